The van der Waals surface area contributed by atoms with Crippen LogP contribution in [0.2, 0.25) is 0 Å². The van der Waals surface area contributed by atoms with Gasteiger partial charge >= 0.3 is 5.97 Å². The molecule has 0 saturated heterocycles. The number of esters is 1. The fraction of sp³-hybridized carbons (Fsp3) is 0.364. The van der Waals surface area contributed by atoms with Gasteiger partial charge in [-0.05, 0) is 12.1 Å². The van der Waals surface area contributed by atoms with Gasteiger partial charge in [0.1, 0.15) is 5.56 Å². The molecular weight excluding hydrogens is 192 g/mol. The van der Waals surface area contributed by atoms with Crippen molar-refractivity contribution in [2.45, 2.75) is 0 Å². The third-order valence-corrected chi connectivity index (χ3v) is 2.18. The van der Waals surface area contributed by atoms with Crippen LogP contribution in [0.1, 0.15) is 10.4 Å². The van der Waals surface area contributed by atoms with Crippen LogP contribution in [0.25, 0.3) is 0 Å². The number of hydrogen-bond donors (Lipinski definition) is 1. The first-order chi connectivity index (χ1) is 7.11. The molecule has 0 aromatic heterocycles. The maximum atomic E-state index is 11.6. The van der Waals surface area contributed by atoms with Gasteiger partial charge in [-0.2, -0.15) is 0 Å². The second-order valence-corrected chi connectivity index (χ2v) is 3.34. The van der Waals surface area contributed by atoms with E-state index < -0.39 is 0 Å². The minimum Gasteiger partial charge on any atom is -0.465 e. The molecule has 0 radical (unpaired) electrons. The minimum atomic E-state index is -0.330. The van der Waals surface area contributed by atoms with Gasteiger partial charge in [0.25, 0.3) is 0 Å². The van der Waals surface area contributed by atoms with Crippen molar-refractivity contribution < 1.29 is 9.53 Å². The smallest absolute Gasteiger partial charge is 0.342 e. The van der Waals surface area contributed by atoms with E-state index in [4.69, 9.17) is 4.74 Å². The van der Waals surface area contributed by atoms with E-state index in [2.05, 4.69) is 5.32 Å². The Balaban J connectivity index is 3.33. The van der Waals surface area contributed by atoms with E-state index in [1.807, 2.05) is 37.2 Å². The van der Waals surface area contributed by atoms with Gasteiger partial charge in [-0.3, -0.25) is 0 Å². The Kier molecular flexibility index (Phi) is 3.55. The highest BCUT2D eigenvalue weighted by Crippen LogP contribution is 2.26. The maximum absolute atomic E-state index is 11.6. The summed E-state index contributed by atoms with van der Waals surface area (Å²) in [5, 5.41) is 2.98. The zero-order chi connectivity index (χ0) is 11.4. The van der Waals surface area contributed by atoms with Crippen LogP contribution in [0.4, 0.5) is 11.4 Å². The highest BCUT2D eigenvalue weighted by molar-refractivity contribution is 6.01. The molecule has 82 valence electrons. The minimum absolute atomic E-state index is 0.330. The topological polar surface area (TPSA) is 41.6 Å². The predicted octanol–water partition coefficient (Wildman–Crippen LogP) is 1.58. The molecule has 0 bridgehead atoms. The van der Waals surface area contributed by atoms with Gasteiger partial charge < -0.3 is 15.0 Å². The lowest BCUT2D eigenvalue weighted by atomic mass is 10.1. The molecule has 15 heavy (non-hydrogen) atoms. The number of carbonyl (C=O) groups is 1. The Labute approximate surface area is 89.8 Å². The van der Waals surface area contributed by atoms with Gasteiger partial charge in [-0.25, -0.2) is 4.79 Å². The van der Waals surface area contributed by atoms with Gasteiger partial charge in [0.05, 0.1) is 18.5 Å². The number of anilines is 2. The highest BCUT2D eigenvalue weighted by Gasteiger charge is 2.17. The Morgan fingerprint density at radius 3 is 2.53 bits per heavy atom. The second kappa shape index (κ2) is 4.68. The first-order valence-electron chi connectivity index (χ1n) is 4.68. The molecule has 0 aliphatic heterocycles. The molecule has 0 saturated carbocycles. The average Bonchev–Trinajstić information content (AvgIpc) is 2.26. The Morgan fingerprint density at radius 2 is 2.07 bits per heavy atom. The lowest BCUT2D eigenvalue weighted by molar-refractivity contribution is 0.0602. The van der Waals surface area contributed by atoms with Crippen LogP contribution in [0.5, 0.6) is 0 Å². The number of methoxy groups -OCH3 is 1. The van der Waals surface area contributed by atoms with Crippen LogP contribution < -0.4 is 10.2 Å². The third-order valence-electron chi connectivity index (χ3n) is 2.18. The summed E-state index contributed by atoms with van der Waals surface area (Å²) in [6, 6.07) is 5.62. The second-order valence-electron chi connectivity index (χ2n) is 3.34. The van der Waals surface area contributed by atoms with Crippen molar-refractivity contribution in [1.82, 2.24) is 0 Å². The summed E-state index contributed by atoms with van der Waals surface area (Å²) >= 11 is 0. The number of ether oxygens (including phenoxy) is 1. The molecule has 0 atom stereocenters. The number of nitrogens with one attached hydrogen (secondary N) is 1. The van der Waals surface area contributed by atoms with Crippen LogP contribution >= 0.6 is 0 Å². The third kappa shape index (κ3) is 2.21. The first-order valence-corrected chi connectivity index (χ1v) is 4.68. The summed E-state index contributed by atoms with van der Waals surface area (Å²) in [4.78, 5) is 13.5. The summed E-state index contributed by atoms with van der Waals surface area (Å²) in [6.07, 6.45) is 0. The maximum Gasteiger partial charge on any atom is 0.342 e. The van der Waals surface area contributed by atoms with E-state index in [0.717, 1.165) is 11.4 Å². The fourth-order valence-corrected chi connectivity index (χ4v) is 1.44. The molecule has 1 rings (SSSR count). The van der Waals surface area contributed by atoms with E-state index in [1.54, 1.807) is 7.05 Å². The van der Waals surface area contributed by atoms with Crippen molar-refractivity contribution in [3.8, 4) is 0 Å². The van der Waals surface area contributed by atoms with Crippen molar-refractivity contribution in [2.24, 2.45) is 0 Å². The molecular formula is C11H16N2O2. The summed E-state index contributed by atoms with van der Waals surface area (Å²) in [5.74, 6) is -0.330. The van der Waals surface area contributed by atoms with Gasteiger partial charge in [0.2, 0.25) is 0 Å². The molecule has 0 amide bonds. The molecule has 0 aliphatic carbocycles. The number of hydrogen-bond acceptors (Lipinski definition) is 4. The summed E-state index contributed by atoms with van der Waals surface area (Å²) in [7, 11) is 6.94. The monoisotopic (exact) mass is 208 g/mol. The Hall–Kier alpha value is -1.71. The lowest BCUT2D eigenvalue weighted by Crippen LogP contribution is -2.16. The SMILES string of the molecule is CNc1cccc(N(C)C)c1C(=O)OC. The lowest BCUT2D eigenvalue weighted by Gasteiger charge is -2.18. The standard InChI is InChI=1S/C11H16N2O2/c1-12-8-6-5-7-9(13(2)3)10(8)11(14)15-4/h5-7,12H,1-4H3. The van der Waals surface area contributed by atoms with Crippen molar-refractivity contribution in [3.05, 3.63) is 23.8 Å². The molecule has 0 fully saturated rings. The molecule has 1 N–H and O–H groups in total. The zero-order valence-electron chi connectivity index (χ0n) is 9.50. The number of rotatable bonds is 3. The van der Waals surface area contributed by atoms with E-state index in [-0.39, 0.29) is 5.97 Å². The fourth-order valence-electron chi connectivity index (χ4n) is 1.44. The summed E-state index contributed by atoms with van der Waals surface area (Å²) < 4.78 is 4.76. The zero-order valence-corrected chi connectivity index (χ0v) is 9.50. The van der Waals surface area contributed by atoms with Crippen molar-refractivity contribution >= 4 is 17.3 Å². The predicted molar refractivity (Wildman–Crippen MR) is 61.7 cm³/mol. The van der Waals surface area contributed by atoms with Gasteiger partial charge in [-0.1, -0.05) is 6.07 Å². The van der Waals surface area contributed by atoms with Crippen molar-refractivity contribution in [3.63, 3.8) is 0 Å². The molecule has 0 spiro atoms. The molecule has 4 heteroatoms. The largest absolute Gasteiger partial charge is 0.465 e. The van der Waals surface area contributed by atoms with Crippen LogP contribution in [0, 0.1) is 0 Å². The van der Waals surface area contributed by atoms with E-state index in [0.29, 0.717) is 5.56 Å². The van der Waals surface area contributed by atoms with Crippen molar-refractivity contribution in [2.75, 3.05) is 38.5 Å². The first kappa shape index (κ1) is 11.4. The van der Waals surface area contributed by atoms with Crippen LogP contribution in [0.3, 0.4) is 0 Å². The summed E-state index contributed by atoms with van der Waals surface area (Å²) in [5.41, 5.74) is 2.18. The summed E-state index contributed by atoms with van der Waals surface area (Å²) in [6.45, 7) is 0. The highest BCUT2D eigenvalue weighted by atomic mass is 16.5. The number of carbonyl (C=O) groups excluding carboxylic acids is 1. The van der Waals surface area contributed by atoms with Crippen molar-refractivity contribution in [1.29, 1.82) is 0 Å². The van der Waals surface area contributed by atoms with E-state index in [9.17, 15) is 4.79 Å². The molecule has 0 aliphatic rings. The van der Waals surface area contributed by atoms with Gasteiger partial charge in [-0.15, -0.1) is 0 Å². The molecule has 0 unspecified atom stereocenters. The van der Waals surface area contributed by atoms with Gasteiger partial charge in [0.15, 0.2) is 0 Å². The Morgan fingerprint density at radius 1 is 1.40 bits per heavy atom. The van der Waals surface area contributed by atoms with Crippen LogP contribution in [0.15, 0.2) is 18.2 Å². The van der Waals surface area contributed by atoms with E-state index in [1.165, 1.54) is 7.11 Å². The quantitative estimate of drug-likeness (QED) is 0.766. The van der Waals surface area contributed by atoms with Crippen LogP contribution in [-0.4, -0.2) is 34.2 Å². The number of benzene rings is 1. The normalized spacial score (nSPS) is 9.60. The molecule has 0 heterocycles. The Bertz CT molecular complexity index is 362. The molecule has 1 aromatic rings. The molecule has 1 aromatic carbocycles. The van der Waals surface area contributed by atoms with Crippen LogP contribution in [-0.2, 0) is 4.74 Å². The van der Waals surface area contributed by atoms with E-state index >= 15 is 0 Å². The molecule has 4 nitrogen and oxygen atoms in total. The average molecular weight is 208 g/mol. The number of nitrogens with zero attached hydrogens (tertiary/aromatic N) is 1. The van der Waals surface area contributed by atoms with Gasteiger partial charge in [0, 0.05) is 21.1 Å².